The summed E-state index contributed by atoms with van der Waals surface area (Å²) in [5, 5.41) is 1.12. The van der Waals surface area contributed by atoms with Crippen molar-refractivity contribution < 1.29 is 4.79 Å². The van der Waals surface area contributed by atoms with Crippen molar-refractivity contribution >= 4 is 25.5 Å². The molecule has 0 heterocycles. The molecule has 162 valence electrons. The minimum absolute atomic E-state index is 0.103. The molecule has 0 saturated heterocycles. The molecule has 0 aliphatic carbocycles. The molecule has 0 aliphatic heterocycles. The van der Waals surface area contributed by atoms with E-state index in [4.69, 9.17) is 0 Å². The van der Waals surface area contributed by atoms with E-state index in [-0.39, 0.29) is 5.78 Å². The zero-order chi connectivity index (χ0) is 23.2. The molecule has 0 atom stereocenters. The van der Waals surface area contributed by atoms with Gasteiger partial charge in [-0.3, -0.25) is 4.79 Å². The normalized spacial score (nSPS) is 11.8. The maximum absolute atomic E-state index is 13.4. The second-order valence-electron chi connectivity index (χ2n) is 9.59. The van der Waals surface area contributed by atoms with Crippen molar-refractivity contribution in [2.75, 3.05) is 0 Å². The van der Waals surface area contributed by atoms with E-state index in [9.17, 15) is 4.79 Å². The number of carbonyl (C=O) groups excluding carboxylic acids is 1. The minimum Gasteiger partial charge on any atom is -0.294 e. The van der Waals surface area contributed by atoms with Gasteiger partial charge in [-0.1, -0.05) is 117 Å². The Labute approximate surface area is 193 Å². The van der Waals surface area contributed by atoms with Crippen LogP contribution < -0.4 is 0 Å². The van der Waals surface area contributed by atoms with E-state index in [1.807, 2.05) is 86.7 Å². The third kappa shape index (κ3) is 5.73. The van der Waals surface area contributed by atoms with E-state index in [0.717, 1.165) is 27.5 Å². The zero-order valence-corrected chi connectivity index (χ0v) is 20.7. The second-order valence-corrected chi connectivity index (χ2v) is 14.6. The van der Waals surface area contributed by atoms with E-state index >= 15 is 0 Å². The van der Waals surface area contributed by atoms with E-state index < -0.39 is 13.5 Å². The fourth-order valence-electron chi connectivity index (χ4n) is 3.99. The summed E-state index contributed by atoms with van der Waals surface area (Å²) in [6, 6.07) is 30.7. The molecule has 0 saturated carbocycles. The first-order valence-corrected chi connectivity index (χ1v) is 14.6. The molecule has 0 N–H and O–H groups in total. The largest absolute Gasteiger partial charge is 0.294 e. The van der Waals surface area contributed by atoms with Crippen LogP contribution in [0.1, 0.15) is 30.5 Å². The minimum atomic E-state index is -1.89. The Morgan fingerprint density at radius 1 is 0.750 bits per heavy atom. The molecule has 3 aromatic rings. The predicted molar refractivity (Wildman–Crippen MR) is 140 cm³/mol. The summed E-state index contributed by atoms with van der Waals surface area (Å²) in [6.07, 6.45) is 3.63. The van der Waals surface area contributed by atoms with Crippen LogP contribution in [-0.4, -0.2) is 13.9 Å². The molecule has 0 spiro atoms. The number of allylic oxidation sites excluding steroid dienone is 2. The molecule has 3 aromatic carbocycles. The predicted octanol–water partition coefficient (Wildman–Crippen LogP) is 7.83. The quantitative estimate of drug-likeness (QED) is 0.209. The summed E-state index contributed by atoms with van der Waals surface area (Å²) in [7, 11) is -1.89. The number of rotatable bonds is 7. The number of benzene rings is 3. The highest BCUT2D eigenvalue weighted by molar-refractivity contribution is 6.83. The van der Waals surface area contributed by atoms with Crippen molar-refractivity contribution in [3.8, 4) is 0 Å². The van der Waals surface area contributed by atoms with Gasteiger partial charge in [0, 0.05) is 5.57 Å². The van der Waals surface area contributed by atoms with Gasteiger partial charge in [0.1, 0.15) is 0 Å². The van der Waals surface area contributed by atoms with Crippen LogP contribution in [0.2, 0.25) is 19.6 Å². The monoisotopic (exact) mass is 436 g/mol. The summed E-state index contributed by atoms with van der Waals surface area (Å²) in [4.78, 5) is 13.4. The van der Waals surface area contributed by atoms with E-state index in [1.54, 1.807) is 6.08 Å². The molecule has 0 fully saturated rings. The number of ketones is 1. The molecular formula is C30H32OSi. The van der Waals surface area contributed by atoms with Gasteiger partial charge in [0.15, 0.2) is 5.78 Å². The van der Waals surface area contributed by atoms with Gasteiger partial charge in [0.05, 0.1) is 13.5 Å². The van der Waals surface area contributed by atoms with Crippen LogP contribution in [0.25, 0.3) is 11.6 Å². The smallest absolute Gasteiger partial charge is 0.165 e. The van der Waals surface area contributed by atoms with Gasteiger partial charge in [-0.2, -0.15) is 0 Å². The Hall–Kier alpha value is -3.19. The molecule has 0 amide bonds. The lowest BCUT2D eigenvalue weighted by Gasteiger charge is -2.32. The van der Waals surface area contributed by atoms with Crippen molar-refractivity contribution in [1.82, 2.24) is 0 Å². The molecule has 0 bridgehead atoms. The van der Waals surface area contributed by atoms with Crippen LogP contribution in [0.3, 0.4) is 0 Å². The maximum Gasteiger partial charge on any atom is 0.165 e. The molecule has 0 aliphatic rings. The number of carbonyl (C=O) groups is 1. The average Bonchev–Trinajstić information content (AvgIpc) is 2.78. The standard InChI is InChI=1S/C30H32OSi/c1-30(2,28(31)22-21-24-15-9-6-10-16-24)29(32(3,4)5)23-27(25-17-11-7-12-18-25)26-19-13-8-14-20-26/h6-22H,1-5H3/b22-21+. The summed E-state index contributed by atoms with van der Waals surface area (Å²) in [6.45, 7) is 11.0. The molecular weight excluding hydrogens is 404 g/mol. The van der Waals surface area contributed by atoms with Crippen LogP contribution >= 0.6 is 0 Å². The van der Waals surface area contributed by atoms with Crippen LogP contribution in [-0.2, 0) is 4.79 Å². The molecule has 1 nitrogen and oxygen atoms in total. The van der Waals surface area contributed by atoms with Gasteiger partial charge in [0.2, 0.25) is 0 Å². The fourth-order valence-corrected chi connectivity index (χ4v) is 6.49. The average molecular weight is 437 g/mol. The van der Waals surface area contributed by atoms with E-state index in [1.165, 1.54) is 0 Å². The summed E-state index contributed by atoms with van der Waals surface area (Å²) >= 11 is 0. The van der Waals surface area contributed by atoms with Crippen LogP contribution in [0.5, 0.6) is 0 Å². The topological polar surface area (TPSA) is 17.1 Å². The van der Waals surface area contributed by atoms with Crippen molar-refractivity contribution in [2.24, 2.45) is 5.41 Å². The highest BCUT2D eigenvalue weighted by Gasteiger charge is 2.38. The molecule has 2 heteroatoms. The fraction of sp³-hybridized carbons (Fsp3) is 0.200. The van der Waals surface area contributed by atoms with Gasteiger partial charge in [-0.25, -0.2) is 0 Å². The Kier molecular flexibility index (Phi) is 7.30. The SMILES string of the molecule is CC(C)(C(=O)/C=C/c1ccccc1)C(=C=C(c1ccccc1)c1ccccc1)[Si](C)(C)C. The van der Waals surface area contributed by atoms with Crippen molar-refractivity contribution in [3.63, 3.8) is 0 Å². The third-order valence-corrected chi connectivity index (χ3v) is 7.84. The van der Waals surface area contributed by atoms with E-state index in [0.29, 0.717) is 0 Å². The van der Waals surface area contributed by atoms with Gasteiger partial charge in [-0.15, -0.1) is 5.73 Å². The van der Waals surface area contributed by atoms with Gasteiger partial charge >= 0.3 is 0 Å². The lowest BCUT2D eigenvalue weighted by Crippen LogP contribution is -2.38. The first kappa shape index (κ1) is 23.5. The molecule has 32 heavy (non-hydrogen) atoms. The molecule has 0 radical (unpaired) electrons. The van der Waals surface area contributed by atoms with Crippen LogP contribution in [0.4, 0.5) is 0 Å². The number of hydrogen-bond donors (Lipinski definition) is 0. The second kappa shape index (κ2) is 9.95. The van der Waals surface area contributed by atoms with E-state index in [2.05, 4.69) is 49.6 Å². The van der Waals surface area contributed by atoms with Gasteiger partial charge in [-0.05, 0) is 41.8 Å². The number of hydrogen-bond acceptors (Lipinski definition) is 1. The Morgan fingerprint density at radius 3 is 1.62 bits per heavy atom. The molecule has 3 rings (SSSR count). The maximum atomic E-state index is 13.4. The Morgan fingerprint density at radius 2 is 1.19 bits per heavy atom. The molecule has 0 unspecified atom stereocenters. The first-order valence-electron chi connectivity index (χ1n) is 11.1. The summed E-state index contributed by atoms with van der Waals surface area (Å²) in [5.41, 5.74) is 7.42. The van der Waals surface area contributed by atoms with Crippen LogP contribution in [0, 0.1) is 5.41 Å². The highest BCUT2D eigenvalue weighted by Crippen LogP contribution is 2.36. The zero-order valence-electron chi connectivity index (χ0n) is 19.7. The third-order valence-electron chi connectivity index (χ3n) is 5.59. The van der Waals surface area contributed by atoms with Gasteiger partial charge < -0.3 is 0 Å². The lowest BCUT2D eigenvalue weighted by atomic mass is 9.86. The van der Waals surface area contributed by atoms with Crippen molar-refractivity contribution in [3.05, 3.63) is 125 Å². The van der Waals surface area contributed by atoms with Gasteiger partial charge in [0.25, 0.3) is 0 Å². The lowest BCUT2D eigenvalue weighted by molar-refractivity contribution is -0.120. The Bertz CT molecular complexity index is 1100. The first-order chi connectivity index (χ1) is 15.2. The van der Waals surface area contributed by atoms with Crippen molar-refractivity contribution in [2.45, 2.75) is 33.5 Å². The molecule has 0 aromatic heterocycles. The summed E-state index contributed by atoms with van der Waals surface area (Å²) < 4.78 is 0. The summed E-state index contributed by atoms with van der Waals surface area (Å²) in [5.74, 6) is 0.103. The van der Waals surface area contributed by atoms with Crippen LogP contribution in [0.15, 0.2) is 108 Å². The Balaban J connectivity index is 2.19. The highest BCUT2D eigenvalue weighted by atomic mass is 28.3. The van der Waals surface area contributed by atoms with Crippen molar-refractivity contribution in [1.29, 1.82) is 0 Å².